The van der Waals surface area contributed by atoms with Crippen LogP contribution in [0.2, 0.25) is 0 Å². The van der Waals surface area contributed by atoms with Gasteiger partial charge in [-0.2, -0.15) is 0 Å². The van der Waals surface area contributed by atoms with E-state index in [-0.39, 0.29) is 5.41 Å². The summed E-state index contributed by atoms with van der Waals surface area (Å²) < 4.78 is 5.66. The van der Waals surface area contributed by atoms with Gasteiger partial charge in [-0.1, -0.05) is 57.2 Å². The van der Waals surface area contributed by atoms with E-state index in [0.29, 0.717) is 0 Å². The lowest BCUT2D eigenvalue weighted by Gasteiger charge is -2.28. The normalized spacial score (nSPS) is 12.0. The number of para-hydroxylation sites is 2. The van der Waals surface area contributed by atoms with Crippen LogP contribution in [0, 0.1) is 0 Å². The molecule has 0 atom stereocenters. The minimum Gasteiger partial charge on any atom is -0.495 e. The molecule has 0 saturated carbocycles. The first-order valence-electron chi connectivity index (χ1n) is 9.94. The van der Waals surface area contributed by atoms with E-state index < -0.39 is 4.87 Å². The van der Waals surface area contributed by atoms with Crippen molar-refractivity contribution >= 4 is 28.7 Å². The van der Waals surface area contributed by atoms with E-state index in [1.54, 1.807) is 7.11 Å². The van der Waals surface area contributed by atoms with Gasteiger partial charge in [0.25, 0.3) is 0 Å². The average Bonchev–Trinajstić information content (AvgIpc) is 2.68. The Balaban J connectivity index is 2.12. The molecule has 0 heterocycles. The van der Waals surface area contributed by atoms with Crippen LogP contribution in [0.3, 0.4) is 0 Å². The number of methoxy groups -OCH3 is 1. The Bertz CT molecular complexity index is 890. The van der Waals surface area contributed by atoms with Crippen LogP contribution in [-0.4, -0.2) is 7.11 Å². The molecule has 0 N–H and O–H groups in total. The van der Waals surface area contributed by atoms with Crippen LogP contribution in [0.1, 0.15) is 45.7 Å². The largest absolute Gasteiger partial charge is 0.495 e. The molecule has 0 bridgehead atoms. The summed E-state index contributed by atoms with van der Waals surface area (Å²) in [6.45, 7) is 10.7. The molecule has 152 valence electrons. The number of hydrogen-bond acceptors (Lipinski definition) is 2. The molecule has 3 aromatic carbocycles. The predicted molar refractivity (Wildman–Crippen MR) is 125 cm³/mol. The lowest BCUT2D eigenvalue weighted by molar-refractivity contribution is 0.416. The number of nitrogens with zero attached hydrogens (tertiary/aromatic N) is 1. The van der Waals surface area contributed by atoms with Crippen LogP contribution in [0.5, 0.6) is 5.75 Å². The quantitative estimate of drug-likeness (QED) is 0.398. The van der Waals surface area contributed by atoms with Gasteiger partial charge >= 0.3 is 0 Å². The summed E-state index contributed by atoms with van der Waals surface area (Å²) in [7, 11) is 1.71. The smallest absolute Gasteiger partial charge is 0.142 e. The first-order valence-corrected chi connectivity index (χ1v) is 10.3. The minimum atomic E-state index is -0.401. The van der Waals surface area contributed by atoms with Crippen molar-refractivity contribution in [3.8, 4) is 5.75 Å². The number of ether oxygens (including phenoxy) is 1. The monoisotopic (exact) mass is 407 g/mol. The van der Waals surface area contributed by atoms with Crippen LogP contribution in [0.15, 0.2) is 72.8 Å². The fraction of sp³-hybridized carbons (Fsp3) is 0.308. The highest BCUT2D eigenvalue weighted by atomic mass is 35.5. The number of benzene rings is 3. The van der Waals surface area contributed by atoms with Crippen molar-refractivity contribution in [3.05, 3.63) is 83.9 Å². The molecule has 29 heavy (non-hydrogen) atoms. The third kappa shape index (κ3) is 4.76. The Morgan fingerprint density at radius 2 is 1.17 bits per heavy atom. The van der Waals surface area contributed by atoms with Crippen LogP contribution in [0.25, 0.3) is 0 Å². The van der Waals surface area contributed by atoms with E-state index in [0.717, 1.165) is 28.4 Å². The number of hydrogen-bond donors (Lipinski definition) is 0. The number of rotatable bonds is 5. The van der Waals surface area contributed by atoms with Gasteiger partial charge in [-0.05, 0) is 66.8 Å². The molecule has 3 rings (SSSR count). The summed E-state index contributed by atoms with van der Waals surface area (Å²) in [6, 6.07) is 25.3. The maximum atomic E-state index is 6.50. The standard InChI is InChI=1S/C26H30ClNO/c1-25(2,3)19-11-15-21(16-12-19)28(23-9-7-8-10-24(23)29-6)22-17-13-20(14-18-22)26(4,5)27/h7-18H,1-6H3. The van der Waals surface area contributed by atoms with Crippen LogP contribution >= 0.6 is 11.6 Å². The highest BCUT2D eigenvalue weighted by Gasteiger charge is 2.20. The second kappa shape index (κ2) is 8.12. The van der Waals surface area contributed by atoms with Crippen molar-refractivity contribution in [2.45, 2.75) is 44.9 Å². The molecule has 0 saturated heterocycles. The Morgan fingerprint density at radius 3 is 1.62 bits per heavy atom. The predicted octanol–water partition coefficient (Wildman–Crippen LogP) is 7.94. The maximum Gasteiger partial charge on any atom is 0.142 e. The van der Waals surface area contributed by atoms with Crippen molar-refractivity contribution in [2.75, 3.05) is 12.0 Å². The van der Waals surface area contributed by atoms with Crippen molar-refractivity contribution < 1.29 is 4.74 Å². The molecule has 3 aromatic rings. The van der Waals surface area contributed by atoms with Crippen LogP contribution in [-0.2, 0) is 10.3 Å². The van der Waals surface area contributed by atoms with E-state index in [1.807, 2.05) is 32.0 Å². The van der Waals surface area contributed by atoms with Crippen molar-refractivity contribution in [1.82, 2.24) is 0 Å². The van der Waals surface area contributed by atoms with Gasteiger partial charge in [0, 0.05) is 11.4 Å². The van der Waals surface area contributed by atoms with Gasteiger partial charge in [-0.15, -0.1) is 11.6 Å². The first kappa shape index (κ1) is 21.3. The van der Waals surface area contributed by atoms with E-state index in [9.17, 15) is 0 Å². The third-order valence-corrected chi connectivity index (χ3v) is 5.35. The summed E-state index contributed by atoms with van der Waals surface area (Å²) in [5, 5.41) is 0. The van der Waals surface area contributed by atoms with E-state index in [2.05, 4.69) is 80.3 Å². The summed E-state index contributed by atoms with van der Waals surface area (Å²) in [5.74, 6) is 0.828. The van der Waals surface area contributed by atoms with Gasteiger partial charge in [-0.3, -0.25) is 0 Å². The second-order valence-corrected chi connectivity index (χ2v) is 9.77. The van der Waals surface area contributed by atoms with Gasteiger partial charge in [0.1, 0.15) is 5.75 Å². The van der Waals surface area contributed by atoms with Crippen LogP contribution < -0.4 is 9.64 Å². The highest BCUT2D eigenvalue weighted by molar-refractivity contribution is 6.23. The van der Waals surface area contributed by atoms with E-state index in [4.69, 9.17) is 16.3 Å². The average molecular weight is 408 g/mol. The molecular formula is C26H30ClNO. The minimum absolute atomic E-state index is 0.112. The number of halogens is 1. The fourth-order valence-electron chi connectivity index (χ4n) is 3.36. The van der Waals surface area contributed by atoms with Crippen molar-refractivity contribution in [2.24, 2.45) is 0 Å². The summed E-state index contributed by atoms with van der Waals surface area (Å²) in [6.07, 6.45) is 0. The summed E-state index contributed by atoms with van der Waals surface area (Å²) in [4.78, 5) is 1.82. The third-order valence-electron chi connectivity index (χ3n) is 5.13. The molecule has 3 heteroatoms. The molecular weight excluding hydrogens is 378 g/mol. The SMILES string of the molecule is COc1ccccc1N(c1ccc(C(C)(C)C)cc1)c1ccc(C(C)(C)Cl)cc1. The van der Waals surface area contributed by atoms with E-state index >= 15 is 0 Å². The molecule has 0 spiro atoms. The molecule has 0 unspecified atom stereocenters. The molecule has 0 aromatic heterocycles. The molecule has 0 aliphatic heterocycles. The Kier molecular flexibility index (Phi) is 5.95. The van der Waals surface area contributed by atoms with Crippen molar-refractivity contribution in [1.29, 1.82) is 0 Å². The Labute approximate surface area is 180 Å². The van der Waals surface area contributed by atoms with Gasteiger partial charge in [-0.25, -0.2) is 0 Å². The van der Waals surface area contributed by atoms with Crippen molar-refractivity contribution in [3.63, 3.8) is 0 Å². The zero-order chi connectivity index (χ0) is 21.2. The van der Waals surface area contributed by atoms with E-state index in [1.165, 1.54) is 5.56 Å². The maximum absolute atomic E-state index is 6.50. The topological polar surface area (TPSA) is 12.5 Å². The highest BCUT2D eigenvalue weighted by Crippen LogP contribution is 2.41. The zero-order valence-corrected chi connectivity index (χ0v) is 18.9. The van der Waals surface area contributed by atoms with Gasteiger partial charge in [0.15, 0.2) is 0 Å². The fourth-order valence-corrected chi connectivity index (χ4v) is 3.49. The molecule has 0 radical (unpaired) electrons. The van der Waals surface area contributed by atoms with Gasteiger partial charge in [0.2, 0.25) is 0 Å². The van der Waals surface area contributed by atoms with Crippen LogP contribution in [0.4, 0.5) is 17.1 Å². The Hall–Kier alpha value is -2.45. The molecule has 0 amide bonds. The number of alkyl halides is 1. The molecule has 2 nitrogen and oxygen atoms in total. The lowest BCUT2D eigenvalue weighted by Crippen LogP contribution is -2.14. The Morgan fingerprint density at radius 1 is 0.690 bits per heavy atom. The molecule has 0 aliphatic rings. The lowest BCUT2D eigenvalue weighted by atomic mass is 9.87. The zero-order valence-electron chi connectivity index (χ0n) is 18.2. The summed E-state index contributed by atoms with van der Waals surface area (Å²) in [5.41, 5.74) is 5.65. The number of anilines is 3. The molecule has 0 aliphatic carbocycles. The van der Waals surface area contributed by atoms with Gasteiger partial charge < -0.3 is 9.64 Å². The second-order valence-electron chi connectivity index (χ2n) is 8.82. The first-order chi connectivity index (χ1) is 13.6. The summed E-state index contributed by atoms with van der Waals surface area (Å²) >= 11 is 6.50. The van der Waals surface area contributed by atoms with Gasteiger partial charge in [0.05, 0.1) is 17.7 Å². The molecule has 0 fully saturated rings.